The second-order valence-corrected chi connectivity index (χ2v) is 3.65. The van der Waals surface area contributed by atoms with Crippen LogP contribution in [-0.2, 0) is 10.5 Å². The third-order valence-electron chi connectivity index (χ3n) is 1.48. The maximum absolute atomic E-state index is 11.0. The van der Waals surface area contributed by atoms with E-state index < -0.39 is 0 Å². The van der Waals surface area contributed by atoms with E-state index in [1.54, 1.807) is 11.8 Å². The van der Waals surface area contributed by atoms with Gasteiger partial charge in [-0.1, -0.05) is 6.92 Å². The Labute approximate surface area is 81.1 Å². The lowest BCUT2D eigenvalue weighted by Gasteiger charge is -1.94. The monoisotopic (exact) mass is 200 g/mol. The summed E-state index contributed by atoms with van der Waals surface area (Å²) in [4.78, 5) is 17.9. The van der Waals surface area contributed by atoms with Crippen LogP contribution in [0.2, 0.25) is 0 Å². The summed E-state index contributed by atoms with van der Waals surface area (Å²) in [7, 11) is 1.35. The van der Waals surface area contributed by atoms with E-state index in [1.807, 2.05) is 0 Å². The lowest BCUT2D eigenvalue weighted by Crippen LogP contribution is -2.01. The van der Waals surface area contributed by atoms with Gasteiger partial charge in [-0.2, -0.15) is 11.8 Å². The molecule has 1 aromatic rings. The normalized spacial score (nSPS) is 10.0. The van der Waals surface area contributed by atoms with Crippen LogP contribution in [0.15, 0.2) is 6.20 Å². The molecule has 0 amide bonds. The van der Waals surface area contributed by atoms with Crippen LogP contribution in [0.4, 0.5) is 0 Å². The molecule has 4 nitrogen and oxygen atoms in total. The van der Waals surface area contributed by atoms with E-state index in [-0.39, 0.29) is 5.97 Å². The molecule has 0 saturated carbocycles. The minimum atomic E-state index is -0.375. The number of methoxy groups -OCH3 is 1. The zero-order valence-electron chi connectivity index (χ0n) is 7.66. The van der Waals surface area contributed by atoms with Crippen LogP contribution in [0, 0.1) is 0 Å². The van der Waals surface area contributed by atoms with E-state index in [9.17, 15) is 4.79 Å². The molecule has 1 N–H and O–H groups in total. The third kappa shape index (κ3) is 2.77. The first kappa shape index (κ1) is 10.1. The number of rotatable bonds is 4. The number of ether oxygens (including phenoxy) is 1. The summed E-state index contributed by atoms with van der Waals surface area (Å²) >= 11 is 1.75. The smallest absolute Gasteiger partial charge is 0.356 e. The number of carbonyl (C=O) groups is 1. The van der Waals surface area contributed by atoms with Crippen molar-refractivity contribution in [2.75, 3.05) is 12.9 Å². The van der Waals surface area contributed by atoms with Crippen molar-refractivity contribution in [2.45, 2.75) is 12.7 Å². The number of esters is 1. The zero-order valence-corrected chi connectivity index (χ0v) is 8.48. The van der Waals surface area contributed by atoms with Gasteiger partial charge >= 0.3 is 5.97 Å². The lowest BCUT2D eigenvalue weighted by atomic mass is 10.5. The highest BCUT2D eigenvalue weighted by atomic mass is 32.2. The Morgan fingerprint density at radius 2 is 2.54 bits per heavy atom. The standard InChI is InChI=1S/C8H12N2O2S/c1-3-13-5-7-9-4-6(10-7)8(11)12-2/h4H,3,5H2,1-2H3,(H,9,10). The second-order valence-electron chi connectivity index (χ2n) is 2.37. The molecule has 0 spiro atoms. The molecule has 5 heteroatoms. The van der Waals surface area contributed by atoms with Gasteiger partial charge in [0.25, 0.3) is 0 Å². The number of carbonyl (C=O) groups excluding carboxylic acids is 1. The fraction of sp³-hybridized carbons (Fsp3) is 0.500. The van der Waals surface area contributed by atoms with E-state index in [4.69, 9.17) is 0 Å². The Morgan fingerprint density at radius 3 is 3.15 bits per heavy atom. The molecular formula is C8H12N2O2S. The Morgan fingerprint density at radius 1 is 1.77 bits per heavy atom. The van der Waals surface area contributed by atoms with Gasteiger partial charge in [0.05, 0.1) is 19.1 Å². The molecule has 13 heavy (non-hydrogen) atoms. The molecule has 0 saturated heterocycles. The first-order valence-corrected chi connectivity index (χ1v) is 5.13. The number of nitrogens with zero attached hydrogens (tertiary/aromatic N) is 1. The van der Waals surface area contributed by atoms with Crippen molar-refractivity contribution in [2.24, 2.45) is 0 Å². The van der Waals surface area contributed by atoms with E-state index in [0.29, 0.717) is 5.69 Å². The van der Waals surface area contributed by atoms with Crippen LogP contribution in [-0.4, -0.2) is 28.8 Å². The lowest BCUT2D eigenvalue weighted by molar-refractivity contribution is 0.0594. The van der Waals surface area contributed by atoms with Gasteiger partial charge in [-0.15, -0.1) is 0 Å². The van der Waals surface area contributed by atoms with Crippen molar-refractivity contribution in [1.29, 1.82) is 0 Å². The topological polar surface area (TPSA) is 55.0 Å². The van der Waals surface area contributed by atoms with E-state index in [0.717, 1.165) is 17.3 Å². The SMILES string of the molecule is CCSCc1ncc(C(=O)OC)[nH]1. The van der Waals surface area contributed by atoms with E-state index in [1.165, 1.54) is 13.3 Å². The van der Waals surface area contributed by atoms with Gasteiger partial charge < -0.3 is 9.72 Å². The summed E-state index contributed by atoms with van der Waals surface area (Å²) in [6.45, 7) is 2.08. The number of hydrogen-bond acceptors (Lipinski definition) is 4. The summed E-state index contributed by atoms with van der Waals surface area (Å²) in [5.41, 5.74) is 0.411. The first-order chi connectivity index (χ1) is 6.27. The first-order valence-electron chi connectivity index (χ1n) is 3.97. The van der Waals surface area contributed by atoms with E-state index in [2.05, 4.69) is 21.6 Å². The Balaban J connectivity index is 2.58. The number of nitrogens with one attached hydrogen (secondary N) is 1. The van der Waals surface area contributed by atoms with Crippen molar-refractivity contribution in [3.8, 4) is 0 Å². The number of H-pyrrole nitrogens is 1. The second kappa shape index (κ2) is 4.91. The molecule has 0 aliphatic rings. The van der Waals surface area contributed by atoms with Gasteiger partial charge in [0, 0.05) is 0 Å². The van der Waals surface area contributed by atoms with Crippen molar-refractivity contribution in [3.05, 3.63) is 17.7 Å². The van der Waals surface area contributed by atoms with Crippen LogP contribution in [0.1, 0.15) is 23.2 Å². The van der Waals surface area contributed by atoms with Crippen LogP contribution in [0.5, 0.6) is 0 Å². The molecule has 0 aliphatic carbocycles. The predicted molar refractivity (Wildman–Crippen MR) is 51.8 cm³/mol. The van der Waals surface area contributed by atoms with E-state index >= 15 is 0 Å². The van der Waals surface area contributed by atoms with Crippen molar-refractivity contribution in [1.82, 2.24) is 9.97 Å². The molecule has 0 aromatic carbocycles. The highest BCUT2D eigenvalue weighted by Crippen LogP contribution is 2.08. The maximum Gasteiger partial charge on any atom is 0.356 e. The number of imidazole rings is 1. The van der Waals surface area contributed by atoms with Gasteiger partial charge in [0.2, 0.25) is 0 Å². The largest absolute Gasteiger partial charge is 0.464 e. The Bertz CT molecular complexity index is 285. The predicted octanol–water partition coefficient (Wildman–Crippen LogP) is 1.45. The molecule has 0 bridgehead atoms. The molecule has 72 valence electrons. The van der Waals surface area contributed by atoms with Crippen LogP contribution < -0.4 is 0 Å². The molecule has 0 atom stereocenters. The minimum absolute atomic E-state index is 0.375. The highest BCUT2D eigenvalue weighted by molar-refractivity contribution is 7.98. The van der Waals surface area contributed by atoms with Crippen LogP contribution in [0.25, 0.3) is 0 Å². The van der Waals surface area contributed by atoms with Crippen molar-refractivity contribution < 1.29 is 9.53 Å². The summed E-state index contributed by atoms with van der Waals surface area (Å²) in [5, 5.41) is 0. The summed E-state index contributed by atoms with van der Waals surface area (Å²) in [6.07, 6.45) is 1.50. The summed E-state index contributed by atoms with van der Waals surface area (Å²) in [5.74, 6) is 2.27. The average molecular weight is 200 g/mol. The molecule has 0 radical (unpaired) electrons. The quantitative estimate of drug-likeness (QED) is 0.747. The summed E-state index contributed by atoms with van der Waals surface area (Å²) < 4.78 is 4.54. The van der Waals surface area contributed by atoms with Gasteiger partial charge in [0.1, 0.15) is 11.5 Å². The Kier molecular flexibility index (Phi) is 3.82. The minimum Gasteiger partial charge on any atom is -0.464 e. The molecule has 0 unspecified atom stereocenters. The molecule has 0 fully saturated rings. The average Bonchev–Trinajstić information content (AvgIpc) is 2.62. The molecule has 1 heterocycles. The zero-order chi connectivity index (χ0) is 9.68. The molecule has 1 rings (SSSR count). The molecule has 1 aromatic heterocycles. The fourth-order valence-electron chi connectivity index (χ4n) is 0.848. The van der Waals surface area contributed by atoms with Crippen LogP contribution >= 0.6 is 11.8 Å². The molecular weight excluding hydrogens is 188 g/mol. The third-order valence-corrected chi connectivity index (χ3v) is 2.36. The van der Waals surface area contributed by atoms with Crippen molar-refractivity contribution >= 4 is 17.7 Å². The maximum atomic E-state index is 11.0. The van der Waals surface area contributed by atoms with Crippen LogP contribution in [0.3, 0.4) is 0 Å². The van der Waals surface area contributed by atoms with Gasteiger partial charge in [-0.25, -0.2) is 9.78 Å². The number of aromatic amines is 1. The Hall–Kier alpha value is -0.970. The fourth-order valence-corrected chi connectivity index (χ4v) is 1.39. The van der Waals surface area contributed by atoms with Gasteiger partial charge in [0.15, 0.2) is 0 Å². The van der Waals surface area contributed by atoms with Gasteiger partial charge in [-0.3, -0.25) is 0 Å². The molecule has 0 aliphatic heterocycles. The van der Waals surface area contributed by atoms with Gasteiger partial charge in [-0.05, 0) is 5.75 Å². The summed E-state index contributed by atoms with van der Waals surface area (Å²) in [6, 6.07) is 0. The number of thioether (sulfide) groups is 1. The number of hydrogen-bond donors (Lipinski definition) is 1. The van der Waals surface area contributed by atoms with Crippen molar-refractivity contribution in [3.63, 3.8) is 0 Å². The highest BCUT2D eigenvalue weighted by Gasteiger charge is 2.08. The number of aromatic nitrogens is 2.